The minimum absolute atomic E-state index is 0.0779. The van der Waals surface area contributed by atoms with Gasteiger partial charge in [-0.15, -0.1) is 0 Å². The van der Waals surface area contributed by atoms with Crippen molar-refractivity contribution in [2.24, 2.45) is 5.92 Å². The summed E-state index contributed by atoms with van der Waals surface area (Å²) in [5.41, 5.74) is 0.209. The second kappa shape index (κ2) is 5.19. The summed E-state index contributed by atoms with van der Waals surface area (Å²) in [7, 11) is 1.73. The Morgan fingerprint density at radius 3 is 2.83 bits per heavy atom. The summed E-state index contributed by atoms with van der Waals surface area (Å²) in [6.07, 6.45) is 4.72. The maximum atomic E-state index is 12.1. The van der Waals surface area contributed by atoms with Crippen molar-refractivity contribution in [3.8, 4) is 0 Å². The first kappa shape index (κ1) is 14.9. The minimum Gasteiger partial charge on any atom is -0.481 e. The van der Waals surface area contributed by atoms with Crippen LogP contribution < -0.4 is 4.90 Å². The zero-order valence-corrected chi connectivity index (χ0v) is 13.4. The van der Waals surface area contributed by atoms with Gasteiger partial charge in [-0.2, -0.15) is 0 Å². The molecule has 0 unspecified atom stereocenters. The molecule has 126 valence electrons. The van der Waals surface area contributed by atoms with Crippen LogP contribution in [0.4, 0.5) is 5.82 Å². The number of likely N-dealkylation sites (tertiary alicyclic amines) is 1. The number of hydrogen-bond donors (Lipinski definition) is 2. The molecule has 2 fully saturated rings. The number of aliphatic carboxylic acids is 1. The molecule has 0 radical (unpaired) electrons. The summed E-state index contributed by atoms with van der Waals surface area (Å²) >= 11 is 0. The van der Waals surface area contributed by atoms with Gasteiger partial charge in [-0.1, -0.05) is 0 Å². The molecule has 2 aromatic heterocycles. The highest BCUT2D eigenvalue weighted by Gasteiger charge is 2.55. The molecule has 8 heteroatoms. The van der Waals surface area contributed by atoms with E-state index in [0.717, 1.165) is 16.9 Å². The average Bonchev–Trinajstić information content (AvgIpc) is 3.15. The number of nitrogens with zero attached hydrogens (tertiary/aromatic N) is 4. The van der Waals surface area contributed by atoms with Crippen molar-refractivity contribution in [3.63, 3.8) is 0 Å². The predicted molar refractivity (Wildman–Crippen MR) is 86.6 cm³/mol. The van der Waals surface area contributed by atoms with Gasteiger partial charge in [0.05, 0.1) is 16.8 Å². The molecule has 8 nitrogen and oxygen atoms in total. The molecule has 2 aromatic rings. The predicted octanol–water partition coefficient (Wildman–Crippen LogP) is 0.860. The quantitative estimate of drug-likeness (QED) is 0.847. The van der Waals surface area contributed by atoms with Crippen molar-refractivity contribution in [3.05, 3.63) is 18.6 Å². The third-order valence-electron chi connectivity index (χ3n) is 5.63. The van der Waals surface area contributed by atoms with Crippen molar-refractivity contribution in [2.75, 3.05) is 25.0 Å². The summed E-state index contributed by atoms with van der Waals surface area (Å²) < 4.78 is 0. The molecular formula is C16H19N5O3. The van der Waals surface area contributed by atoms with Crippen LogP contribution in [0.3, 0.4) is 0 Å². The number of H-pyrrole nitrogens is 1. The van der Waals surface area contributed by atoms with E-state index < -0.39 is 17.4 Å². The van der Waals surface area contributed by atoms with E-state index in [4.69, 9.17) is 0 Å². The highest BCUT2D eigenvalue weighted by Crippen LogP contribution is 2.43. The molecule has 0 aliphatic carbocycles. The van der Waals surface area contributed by atoms with Crippen LogP contribution in [-0.2, 0) is 9.59 Å². The molecule has 4 heterocycles. The lowest BCUT2D eigenvalue weighted by Crippen LogP contribution is -2.56. The Balaban J connectivity index is 1.61. The third kappa shape index (κ3) is 1.98. The van der Waals surface area contributed by atoms with Crippen molar-refractivity contribution < 1.29 is 14.7 Å². The van der Waals surface area contributed by atoms with E-state index in [1.807, 2.05) is 12.3 Å². The summed E-state index contributed by atoms with van der Waals surface area (Å²) in [6, 6.07) is 1.94. The van der Waals surface area contributed by atoms with Crippen molar-refractivity contribution in [2.45, 2.75) is 24.8 Å². The second-order valence-corrected chi connectivity index (χ2v) is 6.58. The maximum absolute atomic E-state index is 12.1. The highest BCUT2D eigenvalue weighted by atomic mass is 16.4. The number of rotatable bonds is 2. The zero-order chi connectivity index (χ0) is 16.9. The Hall–Kier alpha value is -2.64. The lowest BCUT2D eigenvalue weighted by atomic mass is 9.77. The van der Waals surface area contributed by atoms with Crippen LogP contribution in [0, 0.1) is 5.92 Å². The van der Waals surface area contributed by atoms with Crippen LogP contribution in [0.2, 0.25) is 0 Å². The van der Waals surface area contributed by atoms with Gasteiger partial charge in [0.2, 0.25) is 5.91 Å². The summed E-state index contributed by atoms with van der Waals surface area (Å²) in [4.78, 5) is 39.2. The standard InChI is InChI=1S/C16H19N5O3/c1-20-12(22)8-11(15(23)24)16(20)3-6-21(7-4-16)14-10-2-5-17-13(10)18-9-19-14/h2,5,9,11H,3-4,6-8H2,1H3,(H,23,24)(H,17,18,19)/t11-/m1/s1. The number of carbonyl (C=O) groups excluding carboxylic acids is 1. The van der Waals surface area contributed by atoms with E-state index >= 15 is 0 Å². The van der Waals surface area contributed by atoms with Crippen LogP contribution in [0.1, 0.15) is 19.3 Å². The van der Waals surface area contributed by atoms with Crippen LogP contribution >= 0.6 is 0 Å². The number of carboxylic acid groups (broad SMARTS) is 1. The van der Waals surface area contributed by atoms with Gasteiger partial charge in [0.1, 0.15) is 17.8 Å². The van der Waals surface area contributed by atoms with E-state index in [-0.39, 0.29) is 12.3 Å². The van der Waals surface area contributed by atoms with Gasteiger partial charge in [0, 0.05) is 32.8 Å². The Morgan fingerprint density at radius 1 is 1.38 bits per heavy atom. The topological polar surface area (TPSA) is 102 Å². The Morgan fingerprint density at radius 2 is 2.12 bits per heavy atom. The molecule has 0 bridgehead atoms. The Kier molecular flexibility index (Phi) is 3.22. The molecule has 0 aromatic carbocycles. The van der Waals surface area contributed by atoms with E-state index in [0.29, 0.717) is 25.9 Å². The summed E-state index contributed by atoms with van der Waals surface area (Å²) in [6.45, 7) is 1.33. The zero-order valence-electron chi connectivity index (χ0n) is 13.4. The van der Waals surface area contributed by atoms with Gasteiger partial charge in [-0.05, 0) is 18.9 Å². The largest absolute Gasteiger partial charge is 0.481 e. The molecule has 2 aliphatic heterocycles. The number of nitrogens with one attached hydrogen (secondary N) is 1. The number of piperidine rings is 1. The van der Waals surface area contributed by atoms with E-state index in [1.54, 1.807) is 11.9 Å². The fraction of sp³-hybridized carbons (Fsp3) is 0.500. The number of carboxylic acids is 1. The van der Waals surface area contributed by atoms with Gasteiger partial charge in [0.25, 0.3) is 0 Å². The second-order valence-electron chi connectivity index (χ2n) is 6.58. The average molecular weight is 329 g/mol. The molecule has 2 saturated heterocycles. The normalized spacial score (nSPS) is 23.4. The van der Waals surface area contributed by atoms with Crippen molar-refractivity contribution in [1.82, 2.24) is 19.9 Å². The van der Waals surface area contributed by atoms with Crippen LogP contribution in [0.25, 0.3) is 11.0 Å². The lowest BCUT2D eigenvalue weighted by Gasteiger charge is -2.45. The minimum atomic E-state index is -0.879. The van der Waals surface area contributed by atoms with Gasteiger partial charge in [0.15, 0.2) is 0 Å². The summed E-state index contributed by atoms with van der Waals surface area (Å²) in [5, 5.41) is 10.5. The van der Waals surface area contributed by atoms with Crippen molar-refractivity contribution in [1.29, 1.82) is 0 Å². The van der Waals surface area contributed by atoms with Crippen LogP contribution in [0.5, 0.6) is 0 Å². The molecule has 1 atom stereocenters. The van der Waals surface area contributed by atoms with Gasteiger partial charge < -0.3 is 19.9 Å². The van der Waals surface area contributed by atoms with Gasteiger partial charge in [-0.25, -0.2) is 9.97 Å². The number of aromatic nitrogens is 3. The fourth-order valence-corrected chi connectivity index (χ4v) is 4.20. The number of hydrogen-bond acceptors (Lipinski definition) is 5. The first-order valence-corrected chi connectivity index (χ1v) is 8.05. The van der Waals surface area contributed by atoms with Gasteiger partial charge >= 0.3 is 5.97 Å². The molecule has 0 saturated carbocycles. The SMILES string of the molecule is CN1C(=O)C[C@H](C(=O)O)C12CCN(c1ncnc3[nH]ccc13)CC2. The first-order valence-electron chi connectivity index (χ1n) is 8.05. The van der Waals surface area contributed by atoms with Crippen LogP contribution in [-0.4, -0.2) is 62.5 Å². The smallest absolute Gasteiger partial charge is 0.309 e. The van der Waals surface area contributed by atoms with Gasteiger partial charge in [-0.3, -0.25) is 9.59 Å². The lowest BCUT2D eigenvalue weighted by molar-refractivity contribution is -0.145. The monoisotopic (exact) mass is 329 g/mol. The fourth-order valence-electron chi connectivity index (χ4n) is 4.20. The number of carbonyl (C=O) groups is 2. The highest BCUT2D eigenvalue weighted by molar-refractivity contribution is 5.89. The van der Waals surface area contributed by atoms with E-state index in [2.05, 4.69) is 19.9 Å². The maximum Gasteiger partial charge on any atom is 0.309 e. The van der Waals surface area contributed by atoms with Crippen LogP contribution in [0.15, 0.2) is 18.6 Å². The number of amides is 1. The molecule has 2 N–H and O–H groups in total. The van der Waals surface area contributed by atoms with E-state index in [1.165, 1.54) is 6.33 Å². The molecule has 24 heavy (non-hydrogen) atoms. The molecule has 2 aliphatic rings. The molecule has 1 amide bonds. The number of aromatic amines is 1. The molecular weight excluding hydrogens is 310 g/mol. The molecule has 1 spiro atoms. The number of fused-ring (bicyclic) bond motifs is 1. The molecule has 4 rings (SSSR count). The van der Waals surface area contributed by atoms with E-state index in [9.17, 15) is 14.7 Å². The number of anilines is 1. The Labute approximate surface area is 138 Å². The third-order valence-corrected chi connectivity index (χ3v) is 5.63. The summed E-state index contributed by atoms with van der Waals surface area (Å²) in [5.74, 6) is -0.730. The first-order chi connectivity index (χ1) is 11.5. The van der Waals surface area contributed by atoms with Crippen molar-refractivity contribution >= 4 is 28.7 Å². The Bertz CT molecular complexity index is 809.